The van der Waals surface area contributed by atoms with Gasteiger partial charge in [-0.1, -0.05) is 6.07 Å². The number of nitrogens with zero attached hydrogens (tertiary/aromatic N) is 1. The van der Waals surface area contributed by atoms with Crippen LogP contribution in [0.5, 0.6) is 17.2 Å². The molecule has 4 N–H and O–H groups in total. The van der Waals surface area contributed by atoms with E-state index >= 15 is 0 Å². The van der Waals surface area contributed by atoms with E-state index in [1.54, 1.807) is 50.6 Å². The van der Waals surface area contributed by atoms with Gasteiger partial charge in [0, 0.05) is 30.4 Å². The van der Waals surface area contributed by atoms with Crippen LogP contribution in [-0.4, -0.2) is 39.2 Å². The maximum atomic E-state index is 11.1. The topological polar surface area (TPSA) is 107 Å². The summed E-state index contributed by atoms with van der Waals surface area (Å²) < 4.78 is 16.1. The van der Waals surface area contributed by atoms with Crippen molar-refractivity contribution in [2.45, 2.75) is 6.92 Å². The Kier molecular flexibility index (Phi) is 7.30. The number of guanidine groups is 1. The van der Waals surface area contributed by atoms with E-state index in [1.807, 2.05) is 6.07 Å². The van der Waals surface area contributed by atoms with Crippen LogP contribution in [0.15, 0.2) is 47.5 Å². The number of methoxy groups -OCH3 is 2. The van der Waals surface area contributed by atoms with Crippen molar-refractivity contribution in [2.24, 2.45) is 10.7 Å². The van der Waals surface area contributed by atoms with Crippen LogP contribution in [-0.2, 0) is 4.79 Å². The van der Waals surface area contributed by atoms with E-state index in [4.69, 9.17) is 19.9 Å². The van der Waals surface area contributed by atoms with Crippen molar-refractivity contribution >= 4 is 23.2 Å². The number of nitrogens with one attached hydrogen (secondary N) is 2. The number of carbonyl (C=O) groups is 1. The minimum Gasteiger partial charge on any atom is -0.493 e. The van der Waals surface area contributed by atoms with Gasteiger partial charge < -0.3 is 30.6 Å². The summed E-state index contributed by atoms with van der Waals surface area (Å²) in [5.41, 5.74) is 7.30. The molecule has 144 valence electrons. The van der Waals surface area contributed by atoms with Crippen molar-refractivity contribution in [1.29, 1.82) is 0 Å². The highest BCUT2D eigenvalue weighted by molar-refractivity contribution is 5.92. The molecule has 0 aliphatic carbocycles. The van der Waals surface area contributed by atoms with E-state index in [2.05, 4.69) is 15.6 Å². The summed E-state index contributed by atoms with van der Waals surface area (Å²) in [4.78, 5) is 15.3. The highest BCUT2D eigenvalue weighted by Gasteiger charge is 2.05. The maximum absolute atomic E-state index is 11.1. The largest absolute Gasteiger partial charge is 0.493 e. The van der Waals surface area contributed by atoms with Gasteiger partial charge in [0.25, 0.3) is 0 Å². The Morgan fingerprint density at radius 2 is 1.78 bits per heavy atom. The first-order valence-corrected chi connectivity index (χ1v) is 8.31. The lowest BCUT2D eigenvalue weighted by molar-refractivity contribution is -0.114. The lowest BCUT2D eigenvalue weighted by Crippen LogP contribution is -2.23. The van der Waals surface area contributed by atoms with E-state index in [-0.39, 0.29) is 11.9 Å². The van der Waals surface area contributed by atoms with Crippen LogP contribution in [0.2, 0.25) is 0 Å². The highest BCUT2D eigenvalue weighted by Crippen LogP contribution is 2.29. The Morgan fingerprint density at radius 3 is 2.48 bits per heavy atom. The number of hydrogen-bond donors (Lipinski definition) is 3. The van der Waals surface area contributed by atoms with Gasteiger partial charge in [-0.15, -0.1) is 0 Å². The predicted octanol–water partition coefficient (Wildman–Crippen LogP) is 2.47. The zero-order valence-corrected chi connectivity index (χ0v) is 15.6. The Balaban J connectivity index is 1.85. The van der Waals surface area contributed by atoms with Crippen molar-refractivity contribution < 1.29 is 19.0 Å². The molecule has 2 rings (SSSR count). The second-order valence-corrected chi connectivity index (χ2v) is 5.52. The van der Waals surface area contributed by atoms with Crippen molar-refractivity contribution in [1.82, 2.24) is 0 Å². The molecule has 0 aliphatic rings. The Morgan fingerprint density at radius 1 is 1.04 bits per heavy atom. The third-order valence-electron chi connectivity index (χ3n) is 3.45. The molecule has 0 saturated heterocycles. The minimum absolute atomic E-state index is 0.134. The first-order valence-electron chi connectivity index (χ1n) is 8.31. The quantitative estimate of drug-likeness (QED) is 0.373. The Labute approximate surface area is 158 Å². The van der Waals surface area contributed by atoms with E-state index in [1.165, 1.54) is 6.92 Å². The van der Waals surface area contributed by atoms with Crippen molar-refractivity contribution in [2.75, 3.05) is 38.0 Å². The van der Waals surface area contributed by atoms with Gasteiger partial charge in [0.15, 0.2) is 17.5 Å². The number of amides is 1. The molecule has 2 aromatic rings. The van der Waals surface area contributed by atoms with Gasteiger partial charge in [0.2, 0.25) is 5.91 Å². The summed E-state index contributed by atoms with van der Waals surface area (Å²) in [6, 6.07) is 12.5. The monoisotopic (exact) mass is 372 g/mol. The maximum Gasteiger partial charge on any atom is 0.221 e. The van der Waals surface area contributed by atoms with Gasteiger partial charge in [-0.3, -0.25) is 4.79 Å². The molecule has 8 nitrogen and oxygen atoms in total. The molecule has 0 heterocycles. The lowest BCUT2D eigenvalue weighted by atomic mass is 10.3. The molecule has 0 atom stereocenters. The van der Waals surface area contributed by atoms with Crippen molar-refractivity contribution in [3.05, 3.63) is 42.5 Å². The standard InChI is InChI=1S/C19H24N4O4/c1-13(24)22-14-5-4-6-16(11-14)27-10-9-21-19(20)23-15-7-8-17(25-2)18(12-15)26-3/h4-8,11-12H,9-10H2,1-3H3,(H,22,24)(H3,20,21,23). The molecule has 2 aromatic carbocycles. The Bertz CT molecular complexity index is 808. The number of nitrogens with two attached hydrogens (primary N) is 1. The zero-order chi connectivity index (χ0) is 19.6. The van der Waals surface area contributed by atoms with Crippen molar-refractivity contribution in [3.63, 3.8) is 0 Å². The van der Waals surface area contributed by atoms with Gasteiger partial charge in [0.1, 0.15) is 12.4 Å². The van der Waals surface area contributed by atoms with Crippen molar-refractivity contribution in [3.8, 4) is 17.2 Å². The van der Waals surface area contributed by atoms with Gasteiger partial charge in [-0.2, -0.15) is 0 Å². The first-order chi connectivity index (χ1) is 13.0. The van der Waals surface area contributed by atoms with Crippen LogP contribution >= 0.6 is 0 Å². The average Bonchev–Trinajstić information content (AvgIpc) is 2.65. The fraction of sp³-hybridized carbons (Fsp3) is 0.263. The minimum atomic E-state index is -0.134. The summed E-state index contributed by atoms with van der Waals surface area (Å²) in [5.74, 6) is 2.00. The van der Waals surface area contributed by atoms with E-state index in [0.717, 1.165) is 5.69 Å². The third kappa shape index (κ3) is 6.43. The molecule has 1 amide bonds. The molecule has 8 heteroatoms. The predicted molar refractivity (Wildman–Crippen MR) is 106 cm³/mol. The molecular formula is C19H24N4O4. The van der Waals surface area contributed by atoms with E-state index < -0.39 is 0 Å². The Hall–Kier alpha value is -3.42. The summed E-state index contributed by atoms with van der Waals surface area (Å²) in [6.07, 6.45) is 0. The highest BCUT2D eigenvalue weighted by atomic mass is 16.5. The summed E-state index contributed by atoms with van der Waals surface area (Å²) >= 11 is 0. The van der Waals surface area contributed by atoms with Crippen LogP contribution in [0.25, 0.3) is 0 Å². The second-order valence-electron chi connectivity index (χ2n) is 5.52. The lowest BCUT2D eigenvalue weighted by Gasteiger charge is -2.11. The van der Waals surface area contributed by atoms with Gasteiger partial charge in [-0.25, -0.2) is 4.99 Å². The normalized spacial score (nSPS) is 10.9. The summed E-state index contributed by atoms with van der Waals surface area (Å²) in [7, 11) is 3.14. The molecule has 0 radical (unpaired) electrons. The van der Waals surface area contributed by atoms with E-state index in [0.29, 0.717) is 36.1 Å². The van der Waals surface area contributed by atoms with Gasteiger partial charge in [-0.05, 0) is 24.3 Å². The molecule has 0 unspecified atom stereocenters. The number of aliphatic imine (C=N–C) groups is 1. The van der Waals surface area contributed by atoms with Crippen LogP contribution < -0.4 is 30.6 Å². The molecule has 0 aliphatic heterocycles. The molecule has 0 saturated carbocycles. The van der Waals surface area contributed by atoms with Crippen LogP contribution in [0.1, 0.15) is 6.92 Å². The number of anilines is 2. The number of rotatable bonds is 8. The molecule has 0 bridgehead atoms. The van der Waals surface area contributed by atoms with E-state index in [9.17, 15) is 4.79 Å². The molecule has 0 spiro atoms. The van der Waals surface area contributed by atoms with Gasteiger partial charge >= 0.3 is 0 Å². The second kappa shape index (κ2) is 9.91. The van der Waals surface area contributed by atoms with Crippen LogP contribution in [0.3, 0.4) is 0 Å². The van der Waals surface area contributed by atoms with Gasteiger partial charge in [0.05, 0.1) is 20.8 Å². The number of benzene rings is 2. The van der Waals surface area contributed by atoms with Crippen LogP contribution in [0, 0.1) is 0 Å². The fourth-order valence-electron chi connectivity index (χ4n) is 2.30. The number of hydrogen-bond acceptors (Lipinski definition) is 5. The third-order valence-corrected chi connectivity index (χ3v) is 3.45. The summed E-state index contributed by atoms with van der Waals surface area (Å²) in [5, 5.41) is 5.69. The number of carbonyl (C=O) groups excluding carboxylic acids is 1. The smallest absolute Gasteiger partial charge is 0.221 e. The summed E-state index contributed by atoms with van der Waals surface area (Å²) in [6.45, 7) is 2.17. The SMILES string of the molecule is COc1ccc(NC(N)=NCCOc2cccc(NC(C)=O)c2)cc1OC. The molecule has 0 fully saturated rings. The molecular weight excluding hydrogens is 348 g/mol. The zero-order valence-electron chi connectivity index (χ0n) is 15.6. The fourth-order valence-corrected chi connectivity index (χ4v) is 2.30. The molecule has 27 heavy (non-hydrogen) atoms. The average molecular weight is 372 g/mol. The molecule has 0 aromatic heterocycles. The first kappa shape index (κ1) is 19.9. The van der Waals surface area contributed by atoms with Crippen LogP contribution in [0.4, 0.5) is 11.4 Å². The number of ether oxygens (including phenoxy) is 3.